The molecule has 1 fully saturated rings. The third-order valence-corrected chi connectivity index (χ3v) is 3.10. The first-order valence-corrected chi connectivity index (χ1v) is 5.57. The Balaban J connectivity index is 2.75. The summed E-state index contributed by atoms with van der Waals surface area (Å²) < 4.78 is 38.3. The summed E-state index contributed by atoms with van der Waals surface area (Å²) in [5.41, 5.74) is 5.26. The molecule has 0 saturated carbocycles. The topological polar surface area (TPSA) is 32.5 Å². The first kappa shape index (κ1) is 13.7. The third kappa shape index (κ3) is 3.33. The summed E-state index contributed by atoms with van der Waals surface area (Å²) in [4.78, 5) is 3.55. The first-order chi connectivity index (χ1) is 7.36. The lowest BCUT2D eigenvalue weighted by Crippen LogP contribution is -2.54. The molecule has 0 aromatic carbocycles. The summed E-state index contributed by atoms with van der Waals surface area (Å²) in [5, 5.41) is 0. The van der Waals surface area contributed by atoms with Gasteiger partial charge in [0, 0.05) is 25.7 Å². The molecule has 0 spiro atoms. The monoisotopic (exact) mass is 239 g/mol. The maximum Gasteiger partial charge on any atom is 0.405 e. The maximum absolute atomic E-state index is 12.8. The minimum Gasteiger partial charge on any atom is -0.329 e. The molecule has 0 amide bonds. The van der Waals surface area contributed by atoms with Crippen molar-refractivity contribution in [2.75, 3.05) is 33.2 Å². The minimum atomic E-state index is -4.23. The smallest absolute Gasteiger partial charge is 0.329 e. The average Bonchev–Trinajstić information content (AvgIpc) is 2.27. The Morgan fingerprint density at radius 3 is 2.50 bits per heavy atom. The SMILES string of the molecule is CC1CN(C)CCCN1C(CN)C(F)(F)F. The highest BCUT2D eigenvalue weighted by Gasteiger charge is 2.44. The van der Waals surface area contributed by atoms with Crippen LogP contribution in [-0.2, 0) is 0 Å². The molecular formula is C10H20F3N3. The highest BCUT2D eigenvalue weighted by Crippen LogP contribution is 2.26. The van der Waals surface area contributed by atoms with Gasteiger partial charge in [0.25, 0.3) is 0 Å². The van der Waals surface area contributed by atoms with Crippen LogP contribution in [0.4, 0.5) is 13.2 Å². The molecule has 6 heteroatoms. The molecule has 1 rings (SSSR count). The largest absolute Gasteiger partial charge is 0.405 e. The number of halogens is 3. The standard InChI is InChI=1S/C10H20F3N3/c1-8-7-15(2)4-3-5-16(8)9(6-14)10(11,12)13/h8-9H,3-7,14H2,1-2H3. The van der Waals surface area contributed by atoms with Crippen LogP contribution in [0.15, 0.2) is 0 Å². The van der Waals surface area contributed by atoms with E-state index in [0.717, 1.165) is 13.0 Å². The normalized spacial score (nSPS) is 27.8. The molecule has 96 valence electrons. The van der Waals surface area contributed by atoms with E-state index in [1.165, 1.54) is 4.90 Å². The molecule has 0 aromatic rings. The summed E-state index contributed by atoms with van der Waals surface area (Å²) in [7, 11) is 1.94. The van der Waals surface area contributed by atoms with Crippen molar-refractivity contribution in [2.24, 2.45) is 5.73 Å². The van der Waals surface area contributed by atoms with Gasteiger partial charge >= 0.3 is 6.18 Å². The van der Waals surface area contributed by atoms with Crippen LogP contribution in [0.2, 0.25) is 0 Å². The number of nitrogens with two attached hydrogens (primary N) is 1. The van der Waals surface area contributed by atoms with Crippen LogP contribution in [0.1, 0.15) is 13.3 Å². The Kier molecular flexibility index (Phi) is 4.58. The van der Waals surface area contributed by atoms with E-state index in [0.29, 0.717) is 13.1 Å². The Bertz CT molecular complexity index is 220. The van der Waals surface area contributed by atoms with Crippen LogP contribution in [0.25, 0.3) is 0 Å². The zero-order valence-corrected chi connectivity index (χ0v) is 9.80. The first-order valence-electron chi connectivity index (χ1n) is 5.57. The quantitative estimate of drug-likeness (QED) is 0.777. The van der Waals surface area contributed by atoms with Crippen molar-refractivity contribution in [3.63, 3.8) is 0 Å². The molecular weight excluding hydrogens is 219 g/mol. The van der Waals surface area contributed by atoms with Gasteiger partial charge in [0.05, 0.1) is 0 Å². The number of alkyl halides is 3. The molecule has 16 heavy (non-hydrogen) atoms. The van der Waals surface area contributed by atoms with Gasteiger partial charge in [0.2, 0.25) is 0 Å². The molecule has 1 heterocycles. The molecule has 0 radical (unpaired) electrons. The molecule has 1 saturated heterocycles. The van der Waals surface area contributed by atoms with E-state index in [1.807, 2.05) is 14.0 Å². The average molecular weight is 239 g/mol. The van der Waals surface area contributed by atoms with E-state index < -0.39 is 12.2 Å². The molecule has 1 aliphatic rings. The molecule has 2 unspecified atom stereocenters. The van der Waals surface area contributed by atoms with Crippen molar-refractivity contribution in [2.45, 2.75) is 31.6 Å². The van der Waals surface area contributed by atoms with E-state index in [1.54, 1.807) is 0 Å². The van der Waals surface area contributed by atoms with Gasteiger partial charge in [-0.2, -0.15) is 13.2 Å². The zero-order valence-electron chi connectivity index (χ0n) is 9.80. The fourth-order valence-corrected chi connectivity index (χ4v) is 2.31. The Hall–Kier alpha value is -0.330. The van der Waals surface area contributed by atoms with Gasteiger partial charge in [-0.1, -0.05) is 0 Å². The fraction of sp³-hybridized carbons (Fsp3) is 1.00. The summed E-state index contributed by atoms with van der Waals surface area (Å²) in [6.07, 6.45) is -3.47. The van der Waals surface area contributed by atoms with Gasteiger partial charge in [0.15, 0.2) is 0 Å². The Morgan fingerprint density at radius 1 is 1.38 bits per heavy atom. The summed E-state index contributed by atoms with van der Waals surface area (Å²) >= 11 is 0. The predicted octanol–water partition coefficient (Wildman–Crippen LogP) is 0.902. The van der Waals surface area contributed by atoms with Gasteiger partial charge in [0.1, 0.15) is 6.04 Å². The summed E-state index contributed by atoms with van der Waals surface area (Å²) in [6.45, 7) is 3.43. The van der Waals surface area contributed by atoms with Crippen molar-refractivity contribution in [1.29, 1.82) is 0 Å². The lowest BCUT2D eigenvalue weighted by atomic mass is 10.1. The van der Waals surface area contributed by atoms with Crippen molar-refractivity contribution in [1.82, 2.24) is 9.80 Å². The predicted molar refractivity (Wildman–Crippen MR) is 57.2 cm³/mol. The van der Waals surface area contributed by atoms with Crippen LogP contribution in [0.5, 0.6) is 0 Å². The number of nitrogens with zero attached hydrogens (tertiary/aromatic N) is 2. The number of hydrogen-bond donors (Lipinski definition) is 1. The van der Waals surface area contributed by atoms with E-state index in [2.05, 4.69) is 4.90 Å². The van der Waals surface area contributed by atoms with Gasteiger partial charge in [-0.15, -0.1) is 0 Å². The number of hydrogen-bond acceptors (Lipinski definition) is 3. The minimum absolute atomic E-state index is 0.109. The Morgan fingerprint density at radius 2 is 2.00 bits per heavy atom. The number of rotatable bonds is 2. The van der Waals surface area contributed by atoms with Crippen LogP contribution < -0.4 is 5.73 Å². The maximum atomic E-state index is 12.8. The second kappa shape index (κ2) is 5.33. The van der Waals surface area contributed by atoms with Gasteiger partial charge in [-0.25, -0.2) is 0 Å². The Labute approximate surface area is 94.4 Å². The van der Waals surface area contributed by atoms with E-state index in [9.17, 15) is 13.2 Å². The second-order valence-corrected chi connectivity index (χ2v) is 4.50. The van der Waals surface area contributed by atoms with Crippen LogP contribution in [0, 0.1) is 0 Å². The van der Waals surface area contributed by atoms with E-state index in [4.69, 9.17) is 5.73 Å². The lowest BCUT2D eigenvalue weighted by Gasteiger charge is -2.35. The van der Waals surface area contributed by atoms with Crippen molar-refractivity contribution in [3.8, 4) is 0 Å². The van der Waals surface area contributed by atoms with E-state index in [-0.39, 0.29) is 12.6 Å². The second-order valence-electron chi connectivity index (χ2n) is 4.50. The highest BCUT2D eigenvalue weighted by atomic mass is 19.4. The van der Waals surface area contributed by atoms with Gasteiger partial charge in [-0.3, -0.25) is 4.90 Å². The number of likely N-dealkylation sites (N-methyl/N-ethyl adjacent to an activating group) is 1. The molecule has 0 aromatic heterocycles. The molecule has 2 atom stereocenters. The highest BCUT2D eigenvalue weighted by molar-refractivity contribution is 4.86. The summed E-state index contributed by atoms with van der Waals surface area (Å²) in [5.74, 6) is 0. The third-order valence-electron chi connectivity index (χ3n) is 3.10. The van der Waals surface area contributed by atoms with Crippen molar-refractivity contribution in [3.05, 3.63) is 0 Å². The summed E-state index contributed by atoms with van der Waals surface area (Å²) in [6, 6.07) is -1.61. The van der Waals surface area contributed by atoms with Crippen LogP contribution in [0.3, 0.4) is 0 Å². The van der Waals surface area contributed by atoms with Crippen molar-refractivity contribution < 1.29 is 13.2 Å². The van der Waals surface area contributed by atoms with Crippen molar-refractivity contribution >= 4 is 0 Å². The van der Waals surface area contributed by atoms with Crippen LogP contribution in [-0.4, -0.2) is 61.3 Å². The molecule has 0 bridgehead atoms. The van der Waals surface area contributed by atoms with E-state index >= 15 is 0 Å². The molecule has 2 N–H and O–H groups in total. The molecule has 3 nitrogen and oxygen atoms in total. The molecule has 0 aliphatic carbocycles. The lowest BCUT2D eigenvalue weighted by molar-refractivity contribution is -0.185. The van der Waals surface area contributed by atoms with Crippen LogP contribution >= 0.6 is 0 Å². The van der Waals surface area contributed by atoms with Gasteiger partial charge < -0.3 is 10.6 Å². The van der Waals surface area contributed by atoms with Gasteiger partial charge in [-0.05, 0) is 26.9 Å². The zero-order chi connectivity index (χ0) is 12.3. The fourth-order valence-electron chi connectivity index (χ4n) is 2.31. The molecule has 1 aliphatic heterocycles.